The maximum atomic E-state index is 13.3. The van der Waals surface area contributed by atoms with E-state index in [1.54, 1.807) is 0 Å². The lowest BCUT2D eigenvalue weighted by Crippen LogP contribution is -2.66. The first-order valence-corrected chi connectivity index (χ1v) is 27.9. The molecule has 3 saturated heterocycles. The highest BCUT2D eigenvalue weighted by Gasteiger charge is 2.53. The highest BCUT2D eigenvalue weighted by molar-refractivity contribution is 5.76. The van der Waals surface area contributed by atoms with Gasteiger partial charge in [-0.05, 0) is 51.4 Å². The number of aliphatic hydroxyl groups is 11. The normalized spacial score (nSPS) is 31.8. The van der Waals surface area contributed by atoms with E-state index in [1.807, 2.05) is 0 Å². The molecule has 19 nitrogen and oxygen atoms in total. The van der Waals surface area contributed by atoms with Gasteiger partial charge in [-0.25, -0.2) is 0 Å². The molecule has 0 aromatic carbocycles. The molecule has 3 fully saturated rings. The molecule has 0 radical (unpaired) electrons. The van der Waals surface area contributed by atoms with Crippen LogP contribution >= 0.6 is 0 Å². The van der Waals surface area contributed by atoms with E-state index in [2.05, 4.69) is 67.8 Å². The first kappa shape index (κ1) is 66.0. The summed E-state index contributed by atoms with van der Waals surface area (Å²) in [6, 6.07) is -0.890. The molecule has 1 amide bonds. The smallest absolute Gasteiger partial charge is 0.220 e. The predicted octanol–water partition coefficient (Wildman–Crippen LogP) is 3.53. The van der Waals surface area contributed by atoms with Gasteiger partial charge in [0.2, 0.25) is 5.91 Å². The molecule has 3 aliphatic rings. The van der Waals surface area contributed by atoms with Crippen LogP contribution in [-0.4, -0.2) is 193 Å². The minimum absolute atomic E-state index is 0.254. The Kier molecular flexibility index (Phi) is 34.9. The van der Waals surface area contributed by atoms with Gasteiger partial charge < -0.3 is 89.9 Å². The topological polar surface area (TPSA) is 307 Å². The van der Waals surface area contributed by atoms with Crippen LogP contribution in [0.15, 0.2) is 48.6 Å². The van der Waals surface area contributed by atoms with Crippen LogP contribution < -0.4 is 5.32 Å². The number of allylic oxidation sites excluding steroid dienone is 8. The summed E-state index contributed by atoms with van der Waals surface area (Å²) in [6.45, 7) is 1.59. The molecular weight excluding hydrogens is 963 g/mol. The zero-order chi connectivity index (χ0) is 54.1. The number of rotatable bonds is 39. The molecule has 12 N–H and O–H groups in total. The van der Waals surface area contributed by atoms with Crippen molar-refractivity contribution in [1.82, 2.24) is 5.32 Å². The molecule has 430 valence electrons. The fraction of sp³-hybridized carbons (Fsp3) is 0.836. The Morgan fingerprint density at radius 1 is 0.500 bits per heavy atom. The SMILES string of the molecule is CC/C=C\C/C=C\C/C=C\C/C=C\CCCCCCCCCCC(=O)NC(COC1OC(CO)C(OC2OC(CO)C(OC3OC(CO)C(O)C(O)C3O)C(O)C2O)C(O)C1O)C(O)CCCCCCCCCC. The lowest BCUT2D eigenvalue weighted by Gasteiger charge is -2.48. The van der Waals surface area contributed by atoms with Gasteiger partial charge in [-0.1, -0.05) is 152 Å². The third-order valence-electron chi connectivity index (χ3n) is 13.9. The molecule has 0 bridgehead atoms. The summed E-state index contributed by atoms with van der Waals surface area (Å²) >= 11 is 0. The summed E-state index contributed by atoms with van der Waals surface area (Å²) < 4.78 is 34.2. The monoisotopic (exact) mass is 1060 g/mol. The van der Waals surface area contributed by atoms with E-state index in [4.69, 9.17) is 28.4 Å². The highest BCUT2D eigenvalue weighted by Crippen LogP contribution is 2.33. The second-order valence-electron chi connectivity index (χ2n) is 20.0. The second kappa shape index (κ2) is 39.2. The molecule has 19 heteroatoms. The number of ether oxygens (including phenoxy) is 6. The van der Waals surface area contributed by atoms with E-state index >= 15 is 0 Å². The van der Waals surface area contributed by atoms with Gasteiger partial charge in [-0.3, -0.25) is 4.79 Å². The number of carbonyl (C=O) groups is 1. The number of hydrogen-bond donors (Lipinski definition) is 12. The van der Waals surface area contributed by atoms with E-state index in [9.17, 15) is 61.0 Å². The van der Waals surface area contributed by atoms with Crippen molar-refractivity contribution >= 4 is 5.91 Å². The zero-order valence-electron chi connectivity index (χ0n) is 44.3. The van der Waals surface area contributed by atoms with Crippen LogP contribution in [0.1, 0.15) is 162 Å². The maximum absolute atomic E-state index is 13.3. The van der Waals surface area contributed by atoms with Crippen LogP contribution in [0, 0.1) is 0 Å². The number of carbonyl (C=O) groups excluding carboxylic acids is 1. The molecule has 0 spiro atoms. The van der Waals surface area contributed by atoms with Gasteiger partial charge in [-0.2, -0.15) is 0 Å². The van der Waals surface area contributed by atoms with E-state index in [-0.39, 0.29) is 18.9 Å². The van der Waals surface area contributed by atoms with Crippen molar-refractivity contribution in [3.63, 3.8) is 0 Å². The van der Waals surface area contributed by atoms with Crippen molar-refractivity contribution in [3.05, 3.63) is 48.6 Å². The minimum atomic E-state index is -1.97. The van der Waals surface area contributed by atoms with E-state index < -0.39 is 124 Å². The van der Waals surface area contributed by atoms with Gasteiger partial charge in [-0.15, -0.1) is 0 Å². The standard InChI is InChI=1S/C55H97NO18/c1-3-5-7-9-11-13-14-15-16-17-18-19-20-21-22-23-24-25-27-29-31-33-43(61)56-38(39(60)32-30-28-26-12-10-8-6-4-2)37-69-53-49(67)46(64)51(41(35-58)71-53)74-55-50(68)47(65)52(42(36-59)72-55)73-54-48(66)45(63)44(62)40(34-57)70-54/h5,7,11,13,15-16,18-19,38-42,44-55,57-60,62-68H,3-4,6,8-10,12,14,17,20-37H2,1-2H3,(H,56,61)/b7-5-,13-11-,16-15-,19-18-. The Morgan fingerprint density at radius 3 is 1.46 bits per heavy atom. The Morgan fingerprint density at radius 2 is 0.932 bits per heavy atom. The van der Waals surface area contributed by atoms with Gasteiger partial charge in [0.25, 0.3) is 0 Å². The van der Waals surface area contributed by atoms with Crippen molar-refractivity contribution in [3.8, 4) is 0 Å². The van der Waals surface area contributed by atoms with E-state index in [0.717, 1.165) is 89.9 Å². The molecule has 3 heterocycles. The van der Waals surface area contributed by atoms with Crippen LogP contribution in [0.5, 0.6) is 0 Å². The van der Waals surface area contributed by atoms with E-state index in [1.165, 1.54) is 38.5 Å². The van der Waals surface area contributed by atoms with Crippen LogP contribution in [0.2, 0.25) is 0 Å². The molecule has 3 aliphatic heterocycles. The van der Waals surface area contributed by atoms with Crippen molar-refractivity contribution < 1.29 is 89.4 Å². The molecular formula is C55H97NO18. The quantitative estimate of drug-likeness (QED) is 0.0310. The summed E-state index contributed by atoms with van der Waals surface area (Å²) in [4.78, 5) is 13.3. The van der Waals surface area contributed by atoms with Crippen molar-refractivity contribution in [1.29, 1.82) is 0 Å². The van der Waals surface area contributed by atoms with Gasteiger partial charge >= 0.3 is 0 Å². The number of unbranched alkanes of at least 4 members (excludes halogenated alkanes) is 15. The molecule has 0 saturated carbocycles. The number of amides is 1. The van der Waals surface area contributed by atoms with Gasteiger partial charge in [0.1, 0.15) is 73.2 Å². The third kappa shape index (κ3) is 23.8. The molecule has 17 atom stereocenters. The van der Waals surface area contributed by atoms with Crippen LogP contribution in [0.25, 0.3) is 0 Å². The number of hydrogen-bond acceptors (Lipinski definition) is 18. The third-order valence-corrected chi connectivity index (χ3v) is 13.9. The Hall–Kier alpha value is -2.25. The molecule has 74 heavy (non-hydrogen) atoms. The fourth-order valence-electron chi connectivity index (χ4n) is 9.30. The predicted molar refractivity (Wildman–Crippen MR) is 277 cm³/mol. The average Bonchev–Trinajstić information content (AvgIpc) is 3.40. The zero-order valence-corrected chi connectivity index (χ0v) is 44.3. The number of aliphatic hydroxyl groups excluding tert-OH is 11. The molecule has 0 aromatic rings. The lowest BCUT2D eigenvalue weighted by molar-refractivity contribution is -0.379. The summed E-state index contributed by atoms with van der Waals surface area (Å²) in [5.74, 6) is -0.258. The second-order valence-corrected chi connectivity index (χ2v) is 20.0. The largest absolute Gasteiger partial charge is 0.394 e. The minimum Gasteiger partial charge on any atom is -0.394 e. The highest BCUT2D eigenvalue weighted by atomic mass is 16.8. The fourth-order valence-corrected chi connectivity index (χ4v) is 9.30. The summed E-state index contributed by atoms with van der Waals surface area (Å²) in [5, 5.41) is 120. The van der Waals surface area contributed by atoms with E-state index in [0.29, 0.717) is 12.8 Å². The first-order valence-electron chi connectivity index (χ1n) is 27.9. The molecule has 0 aromatic heterocycles. The van der Waals surface area contributed by atoms with Gasteiger partial charge in [0, 0.05) is 6.42 Å². The van der Waals surface area contributed by atoms with Crippen molar-refractivity contribution in [2.75, 3.05) is 26.4 Å². The molecule has 17 unspecified atom stereocenters. The van der Waals surface area contributed by atoms with Crippen molar-refractivity contribution in [2.45, 2.75) is 266 Å². The summed E-state index contributed by atoms with van der Waals surface area (Å²) in [7, 11) is 0. The Labute approximate surface area is 440 Å². The molecule has 3 rings (SSSR count). The summed E-state index contributed by atoms with van der Waals surface area (Å²) in [6.07, 6.45) is 13.7. The summed E-state index contributed by atoms with van der Waals surface area (Å²) in [5.41, 5.74) is 0. The Balaban J connectivity index is 1.47. The van der Waals surface area contributed by atoms with Gasteiger partial charge in [0.15, 0.2) is 18.9 Å². The maximum Gasteiger partial charge on any atom is 0.220 e. The average molecular weight is 1060 g/mol. The molecule has 0 aliphatic carbocycles. The van der Waals surface area contributed by atoms with Gasteiger partial charge in [0.05, 0.1) is 38.6 Å². The first-order chi connectivity index (χ1) is 35.8. The number of nitrogens with one attached hydrogen (secondary N) is 1. The van der Waals surface area contributed by atoms with Crippen molar-refractivity contribution in [2.24, 2.45) is 0 Å². The van der Waals surface area contributed by atoms with Crippen LogP contribution in [0.3, 0.4) is 0 Å². The Bertz CT molecular complexity index is 1550. The van der Waals surface area contributed by atoms with Crippen LogP contribution in [0.4, 0.5) is 0 Å². The lowest BCUT2D eigenvalue weighted by atomic mass is 9.96. The van der Waals surface area contributed by atoms with Crippen LogP contribution in [-0.2, 0) is 33.2 Å².